The Morgan fingerprint density at radius 1 is 1.27 bits per heavy atom. The van der Waals surface area contributed by atoms with Crippen molar-refractivity contribution >= 4 is 11.5 Å². The summed E-state index contributed by atoms with van der Waals surface area (Å²) in [7, 11) is 3.19. The number of ketones is 1. The fourth-order valence-corrected chi connectivity index (χ4v) is 2.59. The molecule has 1 heterocycles. The van der Waals surface area contributed by atoms with Gasteiger partial charge in [0.1, 0.15) is 5.78 Å². The Hall–Kier alpha value is -2.48. The Kier molecular flexibility index (Phi) is 5.05. The van der Waals surface area contributed by atoms with Crippen LogP contribution in [-0.2, 0) is 11.2 Å². The lowest BCUT2D eigenvalue weighted by molar-refractivity contribution is -0.116. The third-order valence-corrected chi connectivity index (χ3v) is 3.74. The first-order valence-corrected chi connectivity index (χ1v) is 7.22. The molecule has 1 aromatic carbocycles. The molecule has 0 fully saturated rings. The summed E-state index contributed by atoms with van der Waals surface area (Å²) in [5, 5.41) is 12.7. The van der Waals surface area contributed by atoms with Crippen LogP contribution >= 0.6 is 0 Å². The highest BCUT2D eigenvalue weighted by Gasteiger charge is 2.21. The fraction of sp³-hybridized carbons (Fsp3) is 0.412. The lowest BCUT2D eigenvalue weighted by Gasteiger charge is -2.24. The van der Waals surface area contributed by atoms with Crippen LogP contribution in [0.3, 0.4) is 0 Å². The van der Waals surface area contributed by atoms with Crippen molar-refractivity contribution in [1.29, 1.82) is 5.26 Å². The quantitative estimate of drug-likeness (QED) is 0.846. The third kappa shape index (κ3) is 3.22. The van der Waals surface area contributed by atoms with E-state index in [0.717, 1.165) is 29.8 Å². The molecule has 116 valence electrons. The molecule has 1 aliphatic rings. The number of carbonyl (C=O) groups is 1. The zero-order valence-electron chi connectivity index (χ0n) is 13.2. The van der Waals surface area contributed by atoms with Gasteiger partial charge in [0.25, 0.3) is 0 Å². The molecule has 22 heavy (non-hydrogen) atoms. The van der Waals surface area contributed by atoms with Crippen molar-refractivity contribution in [2.24, 2.45) is 0 Å². The van der Waals surface area contributed by atoms with Crippen molar-refractivity contribution in [3.8, 4) is 17.6 Å². The van der Waals surface area contributed by atoms with Gasteiger partial charge in [0, 0.05) is 18.5 Å². The molecule has 0 spiro atoms. The molecule has 1 aromatic rings. The minimum absolute atomic E-state index is 0.0803. The second-order valence-corrected chi connectivity index (χ2v) is 5.21. The zero-order valence-corrected chi connectivity index (χ0v) is 13.2. The van der Waals surface area contributed by atoms with Crippen LogP contribution in [0.5, 0.6) is 11.5 Å². The number of hydrogen-bond acceptors (Lipinski definition) is 5. The Labute approximate surface area is 130 Å². The van der Waals surface area contributed by atoms with Crippen molar-refractivity contribution in [3.63, 3.8) is 0 Å². The monoisotopic (exact) mass is 300 g/mol. The molecule has 1 N–H and O–H groups in total. The van der Waals surface area contributed by atoms with E-state index in [1.807, 2.05) is 12.1 Å². The molecule has 0 saturated carbocycles. The van der Waals surface area contributed by atoms with E-state index in [9.17, 15) is 10.1 Å². The molecule has 5 nitrogen and oxygen atoms in total. The minimum atomic E-state index is 0.0803. The van der Waals surface area contributed by atoms with Gasteiger partial charge in [-0.2, -0.15) is 5.26 Å². The van der Waals surface area contributed by atoms with Crippen molar-refractivity contribution in [2.45, 2.75) is 26.2 Å². The number of rotatable bonds is 5. The maximum absolute atomic E-state index is 11.2. The maximum atomic E-state index is 11.2. The van der Waals surface area contributed by atoms with Crippen molar-refractivity contribution < 1.29 is 14.3 Å². The molecule has 0 bridgehead atoms. The highest BCUT2D eigenvalue weighted by molar-refractivity contribution is 5.79. The van der Waals surface area contributed by atoms with Crippen LogP contribution in [0.4, 0.5) is 0 Å². The van der Waals surface area contributed by atoms with E-state index in [-0.39, 0.29) is 5.78 Å². The normalized spacial score (nSPS) is 15.2. The predicted octanol–water partition coefficient (Wildman–Crippen LogP) is 2.45. The molecule has 0 saturated heterocycles. The number of allylic oxidation sites excluding steroid dienone is 1. The summed E-state index contributed by atoms with van der Waals surface area (Å²) >= 11 is 0. The summed E-state index contributed by atoms with van der Waals surface area (Å²) in [5.74, 6) is 1.40. The van der Waals surface area contributed by atoms with Gasteiger partial charge in [-0.1, -0.05) is 0 Å². The van der Waals surface area contributed by atoms with E-state index in [2.05, 4.69) is 11.4 Å². The number of methoxy groups -OCH3 is 2. The van der Waals surface area contributed by atoms with Gasteiger partial charge in [0.2, 0.25) is 0 Å². The van der Waals surface area contributed by atoms with E-state index in [4.69, 9.17) is 9.47 Å². The van der Waals surface area contributed by atoms with E-state index < -0.39 is 0 Å². The number of ether oxygens (including phenoxy) is 2. The fourth-order valence-electron chi connectivity index (χ4n) is 2.59. The Morgan fingerprint density at radius 2 is 1.95 bits per heavy atom. The predicted molar refractivity (Wildman–Crippen MR) is 83.7 cm³/mol. The van der Waals surface area contributed by atoms with E-state index in [1.54, 1.807) is 14.2 Å². The Bertz CT molecular complexity index is 657. The maximum Gasteiger partial charge on any atom is 0.161 e. The molecule has 0 aliphatic carbocycles. The Morgan fingerprint density at radius 3 is 2.55 bits per heavy atom. The highest BCUT2D eigenvalue weighted by atomic mass is 16.5. The summed E-state index contributed by atoms with van der Waals surface area (Å²) in [6, 6.07) is 6.07. The molecule has 2 rings (SSSR count). The molecule has 0 aromatic heterocycles. The van der Waals surface area contributed by atoms with E-state index >= 15 is 0 Å². The summed E-state index contributed by atoms with van der Waals surface area (Å²) in [5.41, 5.74) is 3.46. The molecular weight excluding hydrogens is 280 g/mol. The first-order chi connectivity index (χ1) is 10.6. The molecule has 0 radical (unpaired) electrons. The summed E-state index contributed by atoms with van der Waals surface area (Å²) in [6.45, 7) is 2.29. The number of fused-ring (bicyclic) bond motifs is 1. The first kappa shape index (κ1) is 15.9. The first-order valence-electron chi connectivity index (χ1n) is 7.22. The number of hydrogen-bond donors (Lipinski definition) is 1. The van der Waals surface area contributed by atoms with Gasteiger partial charge >= 0.3 is 0 Å². The lowest BCUT2D eigenvalue weighted by Crippen LogP contribution is -2.24. The molecule has 0 atom stereocenters. The summed E-state index contributed by atoms with van der Waals surface area (Å²) < 4.78 is 10.7. The number of benzene rings is 1. The standard InChI is InChI=1S/C17H20N2O3/c1-11(20)4-5-13(10-18)17-14-9-16(22-3)15(21-2)8-12(14)6-7-19-17/h8-9,19H,4-7H2,1-3H3/b17-13-. The number of Topliss-reactive ketones (excluding diaryl/α,β-unsaturated/α-hetero) is 1. The average molecular weight is 300 g/mol. The molecule has 5 heteroatoms. The van der Waals surface area contributed by atoms with Gasteiger partial charge in [-0.3, -0.25) is 0 Å². The summed E-state index contributed by atoms with van der Waals surface area (Å²) in [6.07, 6.45) is 1.67. The number of nitrogens with one attached hydrogen (secondary N) is 1. The van der Waals surface area contributed by atoms with Crippen LogP contribution in [0.2, 0.25) is 0 Å². The van der Waals surface area contributed by atoms with Crippen LogP contribution in [-0.4, -0.2) is 26.5 Å². The van der Waals surface area contributed by atoms with Crippen LogP contribution in [0.1, 0.15) is 30.9 Å². The van der Waals surface area contributed by atoms with Gasteiger partial charge in [-0.15, -0.1) is 0 Å². The average Bonchev–Trinajstić information content (AvgIpc) is 2.53. The SMILES string of the molecule is COc1cc2c(cc1OC)/C(=C(/C#N)CCC(C)=O)NCC2. The molecule has 0 amide bonds. The summed E-state index contributed by atoms with van der Waals surface area (Å²) in [4.78, 5) is 11.2. The largest absolute Gasteiger partial charge is 0.493 e. The number of nitriles is 1. The minimum Gasteiger partial charge on any atom is -0.493 e. The van der Waals surface area contributed by atoms with Crippen LogP contribution in [0.25, 0.3) is 5.70 Å². The van der Waals surface area contributed by atoms with Crippen molar-refractivity contribution in [3.05, 3.63) is 28.8 Å². The van der Waals surface area contributed by atoms with E-state index in [0.29, 0.717) is 29.9 Å². The zero-order chi connectivity index (χ0) is 16.1. The third-order valence-electron chi connectivity index (χ3n) is 3.74. The van der Waals surface area contributed by atoms with Crippen LogP contribution in [0.15, 0.2) is 17.7 Å². The van der Waals surface area contributed by atoms with Gasteiger partial charge < -0.3 is 19.6 Å². The smallest absolute Gasteiger partial charge is 0.161 e. The number of carbonyl (C=O) groups excluding carboxylic acids is 1. The lowest BCUT2D eigenvalue weighted by atomic mass is 9.93. The molecular formula is C17H20N2O3. The molecule has 0 unspecified atom stereocenters. The number of nitrogens with zero attached hydrogens (tertiary/aromatic N) is 1. The molecule has 1 aliphatic heterocycles. The van der Waals surface area contributed by atoms with Crippen molar-refractivity contribution in [1.82, 2.24) is 5.32 Å². The van der Waals surface area contributed by atoms with Crippen LogP contribution < -0.4 is 14.8 Å². The van der Waals surface area contributed by atoms with Crippen LogP contribution in [0, 0.1) is 11.3 Å². The van der Waals surface area contributed by atoms with Gasteiger partial charge in [0.15, 0.2) is 11.5 Å². The van der Waals surface area contributed by atoms with Crippen molar-refractivity contribution in [2.75, 3.05) is 20.8 Å². The second kappa shape index (κ2) is 6.99. The van der Waals surface area contributed by atoms with E-state index in [1.165, 1.54) is 6.92 Å². The second-order valence-electron chi connectivity index (χ2n) is 5.21. The topological polar surface area (TPSA) is 71.3 Å². The Balaban J connectivity index is 2.50. The van der Waals surface area contributed by atoms with Gasteiger partial charge in [0.05, 0.1) is 31.6 Å². The highest BCUT2D eigenvalue weighted by Crippen LogP contribution is 2.36. The van der Waals surface area contributed by atoms with Gasteiger partial charge in [-0.05, 0) is 37.5 Å². The van der Waals surface area contributed by atoms with Gasteiger partial charge in [-0.25, -0.2) is 0 Å².